The molecule has 1 aromatic carbocycles. The summed E-state index contributed by atoms with van der Waals surface area (Å²) >= 11 is 6.96. The molecule has 9 nitrogen and oxygen atoms in total. The third-order valence-electron chi connectivity index (χ3n) is 5.75. The predicted octanol–water partition coefficient (Wildman–Crippen LogP) is 5.49. The van der Waals surface area contributed by atoms with Crippen molar-refractivity contribution in [3.8, 4) is 11.8 Å². The normalized spacial score (nSPS) is 16.0. The van der Waals surface area contributed by atoms with Crippen LogP contribution in [0.2, 0.25) is 0 Å². The van der Waals surface area contributed by atoms with Crippen molar-refractivity contribution in [2.75, 3.05) is 32.7 Å². The summed E-state index contributed by atoms with van der Waals surface area (Å²) in [5.41, 5.74) is 1.91. The molecule has 0 bridgehead atoms. The first-order chi connectivity index (χ1) is 17.5. The molecular formula is C26H27Br2N3O6. The second kappa shape index (κ2) is 11.9. The second-order valence-corrected chi connectivity index (χ2v) is 10.3. The number of hydrogen-bond donors (Lipinski definition) is 1. The van der Waals surface area contributed by atoms with Gasteiger partial charge < -0.3 is 28.8 Å². The first-order valence-electron chi connectivity index (χ1n) is 11.2. The molecule has 2 heterocycles. The Hall–Kier alpha value is -3.23. The van der Waals surface area contributed by atoms with Crippen LogP contribution in [-0.2, 0) is 19.1 Å². The Morgan fingerprint density at radius 2 is 1.81 bits per heavy atom. The number of nitriles is 1. The molecular weight excluding hydrogens is 610 g/mol. The zero-order valence-corrected chi connectivity index (χ0v) is 24.4. The van der Waals surface area contributed by atoms with Gasteiger partial charge in [0.2, 0.25) is 0 Å². The van der Waals surface area contributed by atoms with Crippen molar-refractivity contribution < 1.29 is 28.2 Å². The number of nitrogens with zero attached hydrogens (tertiary/aromatic N) is 2. The summed E-state index contributed by atoms with van der Waals surface area (Å²) in [5.74, 6) is -0.774. The van der Waals surface area contributed by atoms with Crippen molar-refractivity contribution in [3.63, 3.8) is 0 Å². The molecule has 11 heteroatoms. The molecule has 2 atom stereocenters. The van der Waals surface area contributed by atoms with Crippen LogP contribution in [-0.4, -0.2) is 39.8 Å². The minimum Gasteiger partial charge on any atom is -0.477 e. The summed E-state index contributed by atoms with van der Waals surface area (Å²) in [5, 5.41) is 12.2. The third kappa shape index (κ3) is 6.02. The predicted molar refractivity (Wildman–Crippen MR) is 144 cm³/mol. The van der Waals surface area contributed by atoms with Crippen molar-refractivity contribution in [1.82, 2.24) is 5.32 Å². The van der Waals surface area contributed by atoms with E-state index in [0.717, 1.165) is 0 Å². The molecule has 196 valence electrons. The highest BCUT2D eigenvalue weighted by Gasteiger charge is 2.40. The topological polar surface area (TPSA) is 114 Å². The highest BCUT2D eigenvalue weighted by molar-refractivity contribution is 9.11. The lowest BCUT2D eigenvalue weighted by Gasteiger charge is -2.31. The molecule has 1 aliphatic heterocycles. The number of carbonyl (C=O) groups is 2. The van der Waals surface area contributed by atoms with Crippen LogP contribution >= 0.6 is 31.9 Å². The maximum atomic E-state index is 13.7. The number of methoxy groups -OCH3 is 1. The van der Waals surface area contributed by atoms with Gasteiger partial charge in [0.15, 0.2) is 18.6 Å². The van der Waals surface area contributed by atoms with Gasteiger partial charge in [0.25, 0.3) is 0 Å². The number of rotatable bonds is 8. The van der Waals surface area contributed by atoms with Crippen LogP contribution in [0, 0.1) is 11.3 Å². The Bertz CT molecular complexity index is 1320. The second-order valence-electron chi connectivity index (χ2n) is 8.50. The lowest BCUT2D eigenvalue weighted by molar-refractivity contribution is -0.145. The summed E-state index contributed by atoms with van der Waals surface area (Å²) in [6.45, 7) is 4.92. The molecule has 0 fully saturated rings. The van der Waals surface area contributed by atoms with Gasteiger partial charge in [-0.05, 0) is 54.9 Å². The Labute approximate surface area is 232 Å². The molecule has 2 unspecified atom stereocenters. The molecule has 0 radical (unpaired) electrons. The standard InChI is InChI=1S/C26H27Br2N3O6/c1-13-21(25(32)34-6)23(17-11-16(27)12-18(28)24(17)35-10-9-29)22(14(2)30-13)26(33)36-15(3)19-7-8-20(37-19)31(4)5/h7-8,11-12,15,23,30H,10H2,1-6H3. The van der Waals surface area contributed by atoms with Gasteiger partial charge in [-0.25, -0.2) is 9.59 Å². The summed E-state index contributed by atoms with van der Waals surface area (Å²) in [6.07, 6.45) is -0.709. The number of nitrogens with one attached hydrogen (secondary N) is 1. The van der Waals surface area contributed by atoms with E-state index in [1.54, 1.807) is 49.9 Å². The first kappa shape index (κ1) is 28.3. The van der Waals surface area contributed by atoms with E-state index < -0.39 is 24.0 Å². The van der Waals surface area contributed by atoms with Gasteiger partial charge in [0.1, 0.15) is 17.6 Å². The monoisotopic (exact) mass is 635 g/mol. The van der Waals surface area contributed by atoms with Gasteiger partial charge in [0.05, 0.1) is 28.6 Å². The van der Waals surface area contributed by atoms with E-state index >= 15 is 0 Å². The van der Waals surface area contributed by atoms with E-state index in [-0.39, 0.29) is 17.8 Å². The molecule has 0 spiro atoms. The fraction of sp³-hybridized carbons (Fsp3) is 0.346. The van der Waals surface area contributed by atoms with Crippen molar-refractivity contribution in [2.45, 2.75) is 32.8 Å². The van der Waals surface area contributed by atoms with Gasteiger partial charge >= 0.3 is 11.9 Å². The van der Waals surface area contributed by atoms with Gasteiger partial charge in [-0.1, -0.05) is 15.9 Å². The smallest absolute Gasteiger partial charge is 0.337 e. The van der Waals surface area contributed by atoms with E-state index in [9.17, 15) is 9.59 Å². The number of esters is 2. The van der Waals surface area contributed by atoms with E-state index in [4.69, 9.17) is 23.9 Å². The molecule has 1 aliphatic rings. The quantitative estimate of drug-likeness (QED) is 0.376. The maximum Gasteiger partial charge on any atom is 0.337 e. The highest BCUT2D eigenvalue weighted by Crippen LogP contribution is 2.46. The van der Waals surface area contributed by atoms with Gasteiger partial charge in [0, 0.05) is 41.6 Å². The van der Waals surface area contributed by atoms with Gasteiger partial charge in [-0.3, -0.25) is 0 Å². The van der Waals surface area contributed by atoms with Crippen LogP contribution < -0.4 is 15.0 Å². The van der Waals surface area contributed by atoms with Gasteiger partial charge in [-0.15, -0.1) is 0 Å². The largest absolute Gasteiger partial charge is 0.477 e. The number of dihydropyridines is 1. The van der Waals surface area contributed by atoms with Crippen LogP contribution in [0.3, 0.4) is 0 Å². The summed E-state index contributed by atoms with van der Waals surface area (Å²) < 4.78 is 23.7. The fourth-order valence-corrected chi connectivity index (χ4v) is 5.46. The molecule has 0 aliphatic carbocycles. The van der Waals surface area contributed by atoms with Crippen LogP contribution in [0.15, 0.2) is 60.2 Å². The average Bonchev–Trinajstić information content (AvgIpc) is 3.33. The molecule has 0 amide bonds. The number of allylic oxidation sites excluding steroid dienone is 2. The van der Waals surface area contributed by atoms with E-state index in [2.05, 4.69) is 37.2 Å². The average molecular weight is 637 g/mol. The fourth-order valence-electron chi connectivity index (χ4n) is 4.09. The molecule has 2 aromatic rings. The minimum absolute atomic E-state index is 0.198. The Morgan fingerprint density at radius 1 is 1.16 bits per heavy atom. The Kier molecular flexibility index (Phi) is 9.10. The number of hydrogen-bond acceptors (Lipinski definition) is 9. The van der Waals surface area contributed by atoms with E-state index in [0.29, 0.717) is 43.3 Å². The zero-order chi connectivity index (χ0) is 27.4. The van der Waals surface area contributed by atoms with Crippen molar-refractivity contribution in [1.29, 1.82) is 5.26 Å². The van der Waals surface area contributed by atoms with Crippen molar-refractivity contribution in [2.24, 2.45) is 0 Å². The Morgan fingerprint density at radius 3 is 2.38 bits per heavy atom. The van der Waals surface area contributed by atoms with Crippen LogP contribution in [0.5, 0.6) is 5.75 Å². The van der Waals surface area contributed by atoms with Crippen LogP contribution in [0.4, 0.5) is 5.88 Å². The van der Waals surface area contributed by atoms with Crippen molar-refractivity contribution >= 4 is 49.7 Å². The first-order valence-corrected chi connectivity index (χ1v) is 12.8. The zero-order valence-electron chi connectivity index (χ0n) is 21.3. The molecule has 3 rings (SSSR count). The minimum atomic E-state index is -0.912. The number of ether oxygens (including phenoxy) is 3. The summed E-state index contributed by atoms with van der Waals surface area (Å²) in [7, 11) is 4.96. The number of benzene rings is 1. The van der Waals surface area contributed by atoms with E-state index in [1.165, 1.54) is 7.11 Å². The summed E-state index contributed by atoms with van der Waals surface area (Å²) in [4.78, 5) is 28.5. The van der Waals surface area contributed by atoms with Crippen molar-refractivity contribution in [3.05, 3.63) is 67.1 Å². The molecule has 0 saturated heterocycles. The van der Waals surface area contributed by atoms with Crippen LogP contribution in [0.1, 0.15) is 44.1 Å². The third-order valence-corrected chi connectivity index (χ3v) is 6.80. The molecule has 0 saturated carbocycles. The SMILES string of the molecule is COC(=O)C1=C(C)NC(C)=C(C(=O)OC(C)c2ccc(N(C)C)o2)C1c1cc(Br)cc(Br)c1OCC#N. The maximum absolute atomic E-state index is 13.7. The number of halogens is 2. The molecule has 1 N–H and O–H groups in total. The number of carbonyl (C=O) groups excluding carboxylic acids is 2. The highest BCUT2D eigenvalue weighted by atomic mass is 79.9. The number of furan rings is 1. The Balaban J connectivity index is 2.14. The van der Waals surface area contributed by atoms with Gasteiger partial charge in [-0.2, -0.15) is 5.26 Å². The number of anilines is 1. The lowest BCUT2D eigenvalue weighted by Crippen LogP contribution is -2.32. The summed E-state index contributed by atoms with van der Waals surface area (Å²) in [6, 6.07) is 8.97. The van der Waals surface area contributed by atoms with E-state index in [1.807, 2.05) is 20.2 Å². The molecule has 1 aromatic heterocycles. The lowest BCUT2D eigenvalue weighted by atomic mass is 9.80. The molecule has 37 heavy (non-hydrogen) atoms. The van der Waals surface area contributed by atoms with Crippen LogP contribution in [0.25, 0.3) is 0 Å².